The van der Waals surface area contributed by atoms with Crippen LogP contribution in [0.15, 0.2) is 48.9 Å². The van der Waals surface area contributed by atoms with Crippen LogP contribution in [0, 0.1) is 23.5 Å². The largest absolute Gasteiger partial charge is 0.432 e. The highest BCUT2D eigenvalue weighted by Crippen LogP contribution is 2.32. The minimum Gasteiger partial charge on any atom is -0.432 e. The summed E-state index contributed by atoms with van der Waals surface area (Å²) < 4.78 is 60.3. The molecule has 2 atom stereocenters. The molecule has 2 fully saturated rings. The van der Waals surface area contributed by atoms with E-state index in [1.54, 1.807) is 17.0 Å². The van der Waals surface area contributed by atoms with Crippen LogP contribution in [0.25, 0.3) is 16.9 Å². The Balaban J connectivity index is 1.08. The molecule has 2 aliphatic rings. The summed E-state index contributed by atoms with van der Waals surface area (Å²) >= 11 is 0. The predicted molar refractivity (Wildman–Crippen MR) is 193 cm³/mol. The van der Waals surface area contributed by atoms with E-state index in [1.165, 1.54) is 29.4 Å². The first-order valence-corrected chi connectivity index (χ1v) is 18.2. The molecule has 6 rings (SSSR count). The third kappa shape index (κ3) is 8.57. The number of alkyl halides is 2. The first-order chi connectivity index (χ1) is 25.6. The second-order valence-electron chi connectivity index (χ2n) is 13.7. The highest BCUT2D eigenvalue weighted by atomic mass is 19.3. The summed E-state index contributed by atoms with van der Waals surface area (Å²) in [5.74, 6) is -2.74. The first kappa shape index (κ1) is 38.0. The maximum Gasteiger partial charge on any atom is 0.387 e. The number of carbonyl (C=O) groups is 2. The maximum absolute atomic E-state index is 15.0. The highest BCUT2D eigenvalue weighted by molar-refractivity contribution is 5.96. The van der Waals surface area contributed by atoms with Crippen molar-refractivity contribution in [1.29, 1.82) is 0 Å². The number of rotatable bonds is 14. The molecule has 2 N–H and O–H groups in total. The second kappa shape index (κ2) is 16.9. The molecule has 2 aromatic heterocycles. The van der Waals surface area contributed by atoms with Crippen molar-refractivity contribution >= 4 is 29.0 Å². The quantitative estimate of drug-likeness (QED) is 0.156. The summed E-state index contributed by atoms with van der Waals surface area (Å²) in [5.41, 5.74) is 2.32. The normalized spacial score (nSPS) is 16.9. The molecule has 0 saturated carbocycles. The number of piperazine rings is 1. The molecule has 284 valence electrons. The smallest absolute Gasteiger partial charge is 0.387 e. The standard InChI is InChI=1S/C38H46F4N8O3/c1-4-25(11-14-47(3)23-24-10-12-43-21-24)36(51)48-16-18-49(19-17-48)37(52)28-7-6-27(20-26(28)5-2)46-34-35-45-22-30(50(35)15-13-44-34)29-8-9-31(53-38(41)42)33(40)32(29)39/h6-9,13,15,20,22,24-25,38,43H,4-5,10-12,14,16-19,21,23H2,1-3H3,(H,44,46). The fourth-order valence-electron chi connectivity index (χ4n) is 7.27. The zero-order chi connectivity index (χ0) is 37.6. The van der Waals surface area contributed by atoms with E-state index in [1.807, 2.05) is 17.9 Å². The fourth-order valence-corrected chi connectivity index (χ4v) is 7.27. The van der Waals surface area contributed by atoms with Crippen molar-refractivity contribution in [2.24, 2.45) is 11.8 Å². The number of amides is 2. The van der Waals surface area contributed by atoms with Crippen LogP contribution in [-0.2, 0) is 11.2 Å². The molecule has 2 amide bonds. The summed E-state index contributed by atoms with van der Waals surface area (Å²) in [4.78, 5) is 42.0. The van der Waals surface area contributed by atoms with Gasteiger partial charge in [-0.3, -0.25) is 14.0 Å². The summed E-state index contributed by atoms with van der Waals surface area (Å²) in [7, 11) is 2.13. The average Bonchev–Trinajstić information content (AvgIpc) is 3.84. The SMILES string of the molecule is CCc1cc(Nc2nccn3c(-c4ccc(OC(F)F)c(F)c4F)cnc23)ccc1C(=O)N1CCN(C(=O)C(CC)CCN(C)CC2CCNC2)CC1. The number of halogens is 4. The highest BCUT2D eigenvalue weighted by Gasteiger charge is 2.30. The average molecular weight is 739 g/mol. The van der Waals surface area contributed by atoms with Gasteiger partial charge in [-0.2, -0.15) is 13.2 Å². The van der Waals surface area contributed by atoms with Gasteiger partial charge in [0.05, 0.1) is 11.9 Å². The Morgan fingerprint density at radius 2 is 1.83 bits per heavy atom. The molecule has 15 heteroatoms. The lowest BCUT2D eigenvalue weighted by Gasteiger charge is -2.37. The summed E-state index contributed by atoms with van der Waals surface area (Å²) in [5, 5.41) is 6.63. The second-order valence-corrected chi connectivity index (χ2v) is 13.7. The molecule has 4 aromatic rings. The van der Waals surface area contributed by atoms with E-state index in [9.17, 15) is 27.2 Å². The van der Waals surface area contributed by atoms with Crippen molar-refractivity contribution in [3.8, 4) is 17.0 Å². The lowest BCUT2D eigenvalue weighted by Crippen LogP contribution is -2.52. The fraction of sp³-hybridized carbons (Fsp3) is 0.474. The number of hydrogen-bond donors (Lipinski definition) is 2. The van der Waals surface area contributed by atoms with Crippen LogP contribution in [0.2, 0.25) is 0 Å². The van der Waals surface area contributed by atoms with Crippen molar-refractivity contribution in [1.82, 2.24) is 34.4 Å². The number of nitrogens with zero attached hydrogens (tertiary/aromatic N) is 6. The van der Waals surface area contributed by atoms with Gasteiger partial charge in [-0.1, -0.05) is 13.8 Å². The van der Waals surface area contributed by atoms with E-state index < -0.39 is 24.0 Å². The van der Waals surface area contributed by atoms with Crippen LogP contribution in [-0.4, -0.2) is 107 Å². The van der Waals surface area contributed by atoms with Crippen LogP contribution in [0.5, 0.6) is 5.75 Å². The van der Waals surface area contributed by atoms with Gasteiger partial charge in [0.15, 0.2) is 23.0 Å². The minimum atomic E-state index is -3.30. The Morgan fingerprint density at radius 3 is 2.53 bits per heavy atom. The summed E-state index contributed by atoms with van der Waals surface area (Å²) in [6.45, 7) is 6.71. The number of carbonyl (C=O) groups excluding carboxylic acids is 2. The molecule has 53 heavy (non-hydrogen) atoms. The Bertz CT molecular complexity index is 1910. The van der Waals surface area contributed by atoms with E-state index in [4.69, 9.17) is 0 Å². The topological polar surface area (TPSA) is 107 Å². The molecule has 0 aliphatic carbocycles. The van der Waals surface area contributed by atoms with Gasteiger partial charge < -0.3 is 30.1 Å². The van der Waals surface area contributed by atoms with E-state index >= 15 is 0 Å². The van der Waals surface area contributed by atoms with E-state index in [0.717, 1.165) is 56.7 Å². The number of aromatic nitrogens is 3. The Morgan fingerprint density at radius 1 is 1.06 bits per heavy atom. The Kier molecular flexibility index (Phi) is 12.1. The van der Waals surface area contributed by atoms with Crippen molar-refractivity contribution in [3.05, 3.63) is 71.7 Å². The number of imidazole rings is 1. The molecule has 2 saturated heterocycles. The van der Waals surface area contributed by atoms with Crippen molar-refractivity contribution in [2.75, 3.05) is 64.7 Å². The molecule has 2 unspecified atom stereocenters. The van der Waals surface area contributed by atoms with Gasteiger partial charge in [0.1, 0.15) is 0 Å². The number of ether oxygens (including phenoxy) is 1. The maximum atomic E-state index is 15.0. The molecule has 4 heterocycles. The number of hydrogen-bond acceptors (Lipinski definition) is 8. The third-order valence-electron chi connectivity index (χ3n) is 10.3. The zero-order valence-corrected chi connectivity index (χ0v) is 30.3. The van der Waals surface area contributed by atoms with Crippen LogP contribution in [0.3, 0.4) is 0 Å². The van der Waals surface area contributed by atoms with Crippen molar-refractivity contribution in [2.45, 2.75) is 46.1 Å². The van der Waals surface area contributed by atoms with Crippen LogP contribution >= 0.6 is 0 Å². The zero-order valence-electron chi connectivity index (χ0n) is 30.3. The van der Waals surface area contributed by atoms with Gasteiger partial charge in [-0.15, -0.1) is 0 Å². The molecule has 2 aliphatic heterocycles. The molecular weight excluding hydrogens is 692 g/mol. The molecule has 0 spiro atoms. The van der Waals surface area contributed by atoms with Crippen LogP contribution < -0.4 is 15.4 Å². The van der Waals surface area contributed by atoms with E-state index in [2.05, 4.69) is 44.2 Å². The number of nitrogens with one attached hydrogen (secondary N) is 2. The van der Waals surface area contributed by atoms with Crippen molar-refractivity contribution < 1.29 is 31.9 Å². The minimum absolute atomic E-state index is 0.0343. The van der Waals surface area contributed by atoms with Gasteiger partial charge in [0.2, 0.25) is 11.7 Å². The Labute approximate surface area is 306 Å². The lowest BCUT2D eigenvalue weighted by atomic mass is 9.99. The van der Waals surface area contributed by atoms with E-state index in [0.29, 0.717) is 61.2 Å². The monoisotopic (exact) mass is 738 g/mol. The molecule has 2 aromatic carbocycles. The lowest BCUT2D eigenvalue weighted by molar-refractivity contribution is -0.137. The number of benzene rings is 2. The van der Waals surface area contributed by atoms with E-state index in [-0.39, 0.29) is 29.0 Å². The predicted octanol–water partition coefficient (Wildman–Crippen LogP) is 5.82. The summed E-state index contributed by atoms with van der Waals surface area (Å²) in [6.07, 6.45) is 7.71. The van der Waals surface area contributed by atoms with Crippen LogP contribution in [0.1, 0.15) is 49.0 Å². The van der Waals surface area contributed by atoms with Gasteiger partial charge in [-0.25, -0.2) is 14.4 Å². The summed E-state index contributed by atoms with van der Waals surface area (Å²) in [6, 6.07) is 7.49. The Hall–Kier alpha value is -4.76. The van der Waals surface area contributed by atoms with Gasteiger partial charge in [0.25, 0.3) is 5.91 Å². The van der Waals surface area contributed by atoms with Gasteiger partial charge in [-0.05, 0) is 94.2 Å². The third-order valence-corrected chi connectivity index (χ3v) is 10.3. The first-order valence-electron chi connectivity index (χ1n) is 18.2. The number of aryl methyl sites for hydroxylation is 1. The molecule has 0 bridgehead atoms. The molecule has 11 nitrogen and oxygen atoms in total. The molecule has 0 radical (unpaired) electrons. The number of fused-ring (bicyclic) bond motifs is 1. The van der Waals surface area contributed by atoms with Crippen LogP contribution in [0.4, 0.5) is 29.1 Å². The van der Waals surface area contributed by atoms with Crippen molar-refractivity contribution in [3.63, 3.8) is 0 Å². The van der Waals surface area contributed by atoms with Gasteiger partial charge >= 0.3 is 6.61 Å². The van der Waals surface area contributed by atoms with Gasteiger partial charge in [0, 0.05) is 67.8 Å². The number of anilines is 2. The molecular formula is C38H46F4N8O3.